The van der Waals surface area contributed by atoms with Gasteiger partial charge in [-0.3, -0.25) is 4.79 Å². The first-order valence-corrected chi connectivity index (χ1v) is 8.20. The average molecular weight is 325 g/mol. The van der Waals surface area contributed by atoms with Crippen molar-refractivity contribution in [3.05, 3.63) is 35.9 Å². The minimum absolute atomic E-state index is 0. The zero-order chi connectivity index (χ0) is 15.2. The molecular formula is C18H29ClN2O. The Labute approximate surface area is 140 Å². The zero-order valence-electron chi connectivity index (χ0n) is 13.7. The summed E-state index contributed by atoms with van der Waals surface area (Å²) in [4.78, 5) is 14.6. The first kappa shape index (κ1) is 19.0. The van der Waals surface area contributed by atoms with E-state index in [4.69, 9.17) is 5.73 Å². The highest BCUT2D eigenvalue weighted by Gasteiger charge is 2.27. The number of hydrogen-bond acceptors (Lipinski definition) is 2. The van der Waals surface area contributed by atoms with Crippen LogP contribution in [0.5, 0.6) is 0 Å². The highest BCUT2D eigenvalue weighted by atomic mass is 35.5. The standard InChI is InChI=1S/C18H28N2O.ClH/c1-3-15(16-8-5-4-6-9-16)12-18(21)20-11-7-10-17(13-20)14(2)19;/h4-6,8-9,14-15,17H,3,7,10-13,19H2,1-2H3;1H. The van der Waals surface area contributed by atoms with Crippen LogP contribution in [0, 0.1) is 5.92 Å². The van der Waals surface area contributed by atoms with Gasteiger partial charge in [-0.2, -0.15) is 0 Å². The molecule has 0 spiro atoms. The Balaban J connectivity index is 0.00000242. The number of piperidine rings is 1. The van der Waals surface area contributed by atoms with Crippen LogP contribution in [0.3, 0.4) is 0 Å². The molecule has 3 atom stereocenters. The van der Waals surface area contributed by atoms with Crippen molar-refractivity contribution in [2.75, 3.05) is 13.1 Å². The maximum Gasteiger partial charge on any atom is 0.223 e. The maximum absolute atomic E-state index is 12.6. The molecule has 1 heterocycles. The summed E-state index contributed by atoms with van der Waals surface area (Å²) in [7, 11) is 0. The molecule has 0 aliphatic carbocycles. The smallest absolute Gasteiger partial charge is 0.223 e. The lowest BCUT2D eigenvalue weighted by atomic mass is 9.90. The van der Waals surface area contributed by atoms with Gasteiger partial charge in [0.25, 0.3) is 0 Å². The van der Waals surface area contributed by atoms with Crippen LogP contribution in [0.25, 0.3) is 0 Å². The van der Waals surface area contributed by atoms with Gasteiger partial charge in [-0.15, -0.1) is 12.4 Å². The van der Waals surface area contributed by atoms with E-state index in [2.05, 4.69) is 38.1 Å². The summed E-state index contributed by atoms with van der Waals surface area (Å²) in [5.41, 5.74) is 7.28. The molecule has 4 heteroatoms. The first-order valence-electron chi connectivity index (χ1n) is 8.20. The normalized spacial score (nSPS) is 20.9. The molecule has 1 amide bonds. The number of benzene rings is 1. The Hall–Kier alpha value is -1.06. The molecule has 1 aliphatic rings. The van der Waals surface area contributed by atoms with Crippen LogP contribution in [0.1, 0.15) is 51.0 Å². The largest absolute Gasteiger partial charge is 0.342 e. The molecule has 0 bridgehead atoms. The fourth-order valence-electron chi connectivity index (χ4n) is 3.23. The molecule has 1 aliphatic heterocycles. The molecule has 1 aromatic rings. The highest BCUT2D eigenvalue weighted by molar-refractivity contribution is 5.85. The number of carbonyl (C=O) groups excluding carboxylic acids is 1. The Morgan fingerprint density at radius 1 is 1.36 bits per heavy atom. The molecule has 2 rings (SSSR count). The van der Waals surface area contributed by atoms with Crippen LogP contribution in [0.2, 0.25) is 0 Å². The van der Waals surface area contributed by atoms with Gasteiger partial charge in [0, 0.05) is 25.6 Å². The third kappa shape index (κ3) is 4.99. The average Bonchev–Trinajstić information content (AvgIpc) is 2.53. The first-order chi connectivity index (χ1) is 10.1. The third-order valence-corrected chi connectivity index (χ3v) is 4.74. The second kappa shape index (κ2) is 9.16. The zero-order valence-corrected chi connectivity index (χ0v) is 14.5. The number of carbonyl (C=O) groups is 1. The molecule has 0 aromatic heterocycles. The Kier molecular flexibility index (Phi) is 7.91. The lowest BCUT2D eigenvalue weighted by molar-refractivity contribution is -0.133. The number of hydrogen-bond donors (Lipinski definition) is 1. The van der Waals surface area contributed by atoms with E-state index in [1.54, 1.807) is 0 Å². The number of amides is 1. The van der Waals surface area contributed by atoms with Crippen LogP contribution in [0.15, 0.2) is 30.3 Å². The predicted molar refractivity (Wildman–Crippen MR) is 94.3 cm³/mol. The van der Waals surface area contributed by atoms with Crippen LogP contribution in [-0.4, -0.2) is 29.9 Å². The van der Waals surface area contributed by atoms with Crippen molar-refractivity contribution in [2.24, 2.45) is 11.7 Å². The minimum atomic E-state index is 0. The molecule has 22 heavy (non-hydrogen) atoms. The van der Waals surface area contributed by atoms with Crippen molar-refractivity contribution >= 4 is 18.3 Å². The van der Waals surface area contributed by atoms with Gasteiger partial charge in [-0.05, 0) is 43.6 Å². The Morgan fingerprint density at radius 3 is 2.64 bits per heavy atom. The monoisotopic (exact) mass is 324 g/mol. The van der Waals surface area contributed by atoms with E-state index < -0.39 is 0 Å². The molecule has 0 radical (unpaired) electrons. The molecule has 0 saturated carbocycles. The van der Waals surface area contributed by atoms with Crippen molar-refractivity contribution < 1.29 is 4.79 Å². The van der Waals surface area contributed by atoms with Gasteiger partial charge in [0.15, 0.2) is 0 Å². The molecule has 2 N–H and O–H groups in total. The van der Waals surface area contributed by atoms with Crippen molar-refractivity contribution in [2.45, 2.75) is 51.5 Å². The number of rotatable bonds is 5. The van der Waals surface area contributed by atoms with Gasteiger partial charge in [0.1, 0.15) is 0 Å². The van der Waals surface area contributed by atoms with E-state index in [1.807, 2.05) is 11.0 Å². The fraction of sp³-hybridized carbons (Fsp3) is 0.611. The number of halogens is 1. The summed E-state index contributed by atoms with van der Waals surface area (Å²) in [6, 6.07) is 10.6. The van der Waals surface area contributed by atoms with Crippen molar-refractivity contribution in [1.29, 1.82) is 0 Å². The molecule has 1 fully saturated rings. The summed E-state index contributed by atoms with van der Waals surface area (Å²) in [5.74, 6) is 1.07. The van der Waals surface area contributed by atoms with Crippen molar-refractivity contribution in [3.63, 3.8) is 0 Å². The van der Waals surface area contributed by atoms with Gasteiger partial charge < -0.3 is 10.6 Å². The van der Waals surface area contributed by atoms with E-state index in [0.29, 0.717) is 18.3 Å². The summed E-state index contributed by atoms with van der Waals surface area (Å²) in [6.07, 6.45) is 3.85. The number of nitrogens with zero attached hydrogens (tertiary/aromatic N) is 1. The second-order valence-corrected chi connectivity index (χ2v) is 6.32. The molecule has 1 aromatic carbocycles. The molecule has 3 nitrogen and oxygen atoms in total. The SMILES string of the molecule is CCC(CC(=O)N1CCCC(C(C)N)C1)c1ccccc1.Cl. The molecule has 124 valence electrons. The van der Waals surface area contributed by atoms with E-state index >= 15 is 0 Å². The molecule has 3 unspecified atom stereocenters. The summed E-state index contributed by atoms with van der Waals surface area (Å²) in [6.45, 7) is 5.94. The lowest BCUT2D eigenvalue weighted by Crippen LogP contribution is -2.45. The molecule has 1 saturated heterocycles. The fourth-order valence-corrected chi connectivity index (χ4v) is 3.23. The van der Waals surface area contributed by atoms with Crippen LogP contribution < -0.4 is 5.73 Å². The van der Waals surface area contributed by atoms with E-state index in [1.165, 1.54) is 5.56 Å². The quantitative estimate of drug-likeness (QED) is 0.899. The van der Waals surface area contributed by atoms with Crippen LogP contribution in [-0.2, 0) is 4.79 Å². The Morgan fingerprint density at radius 2 is 2.05 bits per heavy atom. The van der Waals surface area contributed by atoms with Gasteiger partial charge in [-0.1, -0.05) is 37.3 Å². The Bertz CT molecular complexity index is 450. The predicted octanol–water partition coefficient (Wildman–Crippen LogP) is 3.58. The summed E-state index contributed by atoms with van der Waals surface area (Å²) in [5, 5.41) is 0. The van der Waals surface area contributed by atoms with E-state index in [0.717, 1.165) is 32.4 Å². The molecular weight excluding hydrogens is 296 g/mol. The van der Waals surface area contributed by atoms with E-state index in [-0.39, 0.29) is 24.4 Å². The van der Waals surface area contributed by atoms with Gasteiger partial charge in [-0.25, -0.2) is 0 Å². The van der Waals surface area contributed by atoms with Crippen molar-refractivity contribution in [1.82, 2.24) is 4.90 Å². The number of nitrogens with two attached hydrogens (primary N) is 1. The number of likely N-dealkylation sites (tertiary alicyclic amines) is 1. The van der Waals surface area contributed by atoms with Crippen molar-refractivity contribution in [3.8, 4) is 0 Å². The third-order valence-electron chi connectivity index (χ3n) is 4.74. The summed E-state index contributed by atoms with van der Waals surface area (Å²) >= 11 is 0. The van der Waals surface area contributed by atoms with Gasteiger partial charge in [0.05, 0.1) is 0 Å². The van der Waals surface area contributed by atoms with Gasteiger partial charge >= 0.3 is 0 Å². The lowest BCUT2D eigenvalue weighted by Gasteiger charge is -2.35. The second-order valence-electron chi connectivity index (χ2n) is 6.32. The van der Waals surface area contributed by atoms with Crippen LogP contribution >= 0.6 is 12.4 Å². The maximum atomic E-state index is 12.6. The summed E-state index contributed by atoms with van der Waals surface area (Å²) < 4.78 is 0. The van der Waals surface area contributed by atoms with E-state index in [9.17, 15) is 4.79 Å². The van der Waals surface area contributed by atoms with Gasteiger partial charge in [0.2, 0.25) is 5.91 Å². The highest BCUT2D eigenvalue weighted by Crippen LogP contribution is 2.26. The van der Waals surface area contributed by atoms with Crippen LogP contribution in [0.4, 0.5) is 0 Å². The topological polar surface area (TPSA) is 46.3 Å². The minimum Gasteiger partial charge on any atom is -0.342 e.